The van der Waals surface area contributed by atoms with Crippen molar-refractivity contribution >= 4 is 52.1 Å². The first kappa shape index (κ1) is 16.4. The number of nitriles is 1. The molecule has 0 aliphatic carbocycles. The lowest BCUT2D eigenvalue weighted by Gasteiger charge is -2.10. The quantitative estimate of drug-likeness (QED) is 0.845. The number of carbonyl (C=O) groups excluding carboxylic acids is 1. The molecule has 0 aromatic heterocycles. The maximum atomic E-state index is 11.9. The summed E-state index contributed by atoms with van der Waals surface area (Å²) < 4.78 is 0. The highest BCUT2D eigenvalue weighted by atomic mass is 35.5. The van der Waals surface area contributed by atoms with Crippen LogP contribution in [-0.4, -0.2) is 12.5 Å². The number of carbonyl (C=O) groups is 1. The van der Waals surface area contributed by atoms with Crippen molar-refractivity contribution < 1.29 is 4.79 Å². The normalized spacial score (nSPS) is 9.91. The number of anilines is 2. The zero-order valence-electron chi connectivity index (χ0n) is 11.2. The molecule has 4 nitrogen and oxygen atoms in total. The van der Waals surface area contributed by atoms with Crippen LogP contribution in [0, 0.1) is 11.3 Å². The summed E-state index contributed by atoms with van der Waals surface area (Å²) in [5.41, 5.74) is 1.37. The van der Waals surface area contributed by atoms with Crippen LogP contribution >= 0.6 is 34.8 Å². The van der Waals surface area contributed by atoms with Crippen LogP contribution < -0.4 is 10.6 Å². The van der Waals surface area contributed by atoms with Gasteiger partial charge in [0.1, 0.15) is 6.07 Å². The van der Waals surface area contributed by atoms with Crippen molar-refractivity contribution in [3.05, 3.63) is 57.0 Å². The summed E-state index contributed by atoms with van der Waals surface area (Å²) in [6, 6.07) is 11.6. The second kappa shape index (κ2) is 7.37. The van der Waals surface area contributed by atoms with E-state index in [4.69, 9.17) is 40.1 Å². The number of hydrogen-bond donors (Lipinski definition) is 2. The van der Waals surface area contributed by atoms with Gasteiger partial charge >= 0.3 is 0 Å². The van der Waals surface area contributed by atoms with Crippen molar-refractivity contribution in [1.29, 1.82) is 5.26 Å². The van der Waals surface area contributed by atoms with Crippen LogP contribution in [0.2, 0.25) is 15.1 Å². The van der Waals surface area contributed by atoms with Crippen molar-refractivity contribution in [3.63, 3.8) is 0 Å². The van der Waals surface area contributed by atoms with Crippen LogP contribution in [0.1, 0.15) is 5.56 Å². The van der Waals surface area contributed by atoms with Gasteiger partial charge in [-0.3, -0.25) is 4.79 Å². The Morgan fingerprint density at radius 3 is 2.55 bits per heavy atom. The molecule has 112 valence electrons. The highest BCUT2D eigenvalue weighted by molar-refractivity contribution is 6.42. The summed E-state index contributed by atoms with van der Waals surface area (Å²) >= 11 is 17.6. The lowest BCUT2D eigenvalue weighted by Crippen LogP contribution is -2.22. The van der Waals surface area contributed by atoms with E-state index in [0.717, 1.165) is 0 Å². The van der Waals surface area contributed by atoms with Crippen molar-refractivity contribution in [2.75, 3.05) is 17.2 Å². The van der Waals surface area contributed by atoms with Gasteiger partial charge in [0.2, 0.25) is 5.91 Å². The number of nitrogens with zero attached hydrogens (tertiary/aromatic N) is 1. The van der Waals surface area contributed by atoms with Gasteiger partial charge in [0.25, 0.3) is 0 Å². The Morgan fingerprint density at radius 1 is 1.09 bits per heavy atom. The van der Waals surface area contributed by atoms with E-state index >= 15 is 0 Å². The minimum absolute atomic E-state index is 0.00927. The molecular weight excluding hydrogens is 345 g/mol. The predicted octanol–water partition coefficient (Wildman–Crippen LogP) is 4.57. The van der Waals surface area contributed by atoms with Crippen LogP contribution in [0.4, 0.5) is 11.4 Å². The van der Waals surface area contributed by atoms with Crippen molar-refractivity contribution in [1.82, 2.24) is 0 Å². The van der Waals surface area contributed by atoms with Crippen LogP contribution in [0.15, 0.2) is 36.4 Å². The Morgan fingerprint density at radius 2 is 1.86 bits per heavy atom. The van der Waals surface area contributed by atoms with Crippen LogP contribution in [0.5, 0.6) is 0 Å². The molecule has 0 heterocycles. The molecule has 0 saturated carbocycles. The molecule has 22 heavy (non-hydrogen) atoms. The van der Waals surface area contributed by atoms with Gasteiger partial charge in [0.15, 0.2) is 0 Å². The summed E-state index contributed by atoms with van der Waals surface area (Å²) in [5.74, 6) is -0.315. The zero-order valence-corrected chi connectivity index (χ0v) is 13.4. The van der Waals surface area contributed by atoms with Gasteiger partial charge in [0, 0.05) is 10.7 Å². The smallest absolute Gasteiger partial charge is 0.243 e. The zero-order chi connectivity index (χ0) is 16.1. The largest absolute Gasteiger partial charge is 0.376 e. The number of nitrogens with one attached hydrogen (secondary N) is 2. The average Bonchev–Trinajstić information content (AvgIpc) is 2.49. The van der Waals surface area contributed by atoms with Gasteiger partial charge in [-0.15, -0.1) is 0 Å². The van der Waals surface area contributed by atoms with E-state index in [0.29, 0.717) is 32.0 Å². The highest BCUT2D eigenvalue weighted by Crippen LogP contribution is 2.25. The molecule has 2 aromatic rings. The lowest BCUT2D eigenvalue weighted by atomic mass is 10.2. The summed E-state index contributed by atoms with van der Waals surface area (Å²) in [4.78, 5) is 11.9. The minimum atomic E-state index is -0.315. The third kappa shape index (κ3) is 4.28. The fraction of sp³-hybridized carbons (Fsp3) is 0.0667. The number of amides is 1. The van der Waals surface area contributed by atoms with Gasteiger partial charge < -0.3 is 10.6 Å². The fourth-order valence-electron chi connectivity index (χ4n) is 1.70. The number of hydrogen-bond acceptors (Lipinski definition) is 3. The molecule has 0 aliphatic heterocycles. The number of halogens is 3. The van der Waals surface area contributed by atoms with Gasteiger partial charge in [-0.25, -0.2) is 0 Å². The first-order valence-corrected chi connectivity index (χ1v) is 7.31. The standard InChI is InChI=1S/C15H10Cl3N3O/c16-10-2-1-9(7-19)14(5-10)21-15(22)8-20-11-3-4-12(17)13(18)6-11/h1-6,20H,8H2,(H,21,22). The van der Waals surface area contributed by atoms with Crippen LogP contribution in [0.3, 0.4) is 0 Å². The van der Waals surface area contributed by atoms with E-state index in [1.54, 1.807) is 30.3 Å². The molecule has 0 fully saturated rings. The highest BCUT2D eigenvalue weighted by Gasteiger charge is 2.08. The first-order valence-electron chi connectivity index (χ1n) is 6.18. The summed E-state index contributed by atoms with van der Waals surface area (Å²) in [5, 5.41) is 15.8. The second-order valence-electron chi connectivity index (χ2n) is 4.33. The Balaban J connectivity index is 2.00. The molecule has 7 heteroatoms. The van der Waals surface area contributed by atoms with Gasteiger partial charge in [0.05, 0.1) is 27.8 Å². The Kier molecular flexibility index (Phi) is 5.51. The third-order valence-corrected chi connectivity index (χ3v) is 3.72. The minimum Gasteiger partial charge on any atom is -0.376 e. The second-order valence-corrected chi connectivity index (χ2v) is 5.58. The molecule has 0 unspecified atom stereocenters. The van der Waals surface area contributed by atoms with Crippen LogP contribution in [0.25, 0.3) is 0 Å². The number of rotatable bonds is 4. The van der Waals surface area contributed by atoms with E-state index in [9.17, 15) is 4.79 Å². The molecule has 1 amide bonds. The molecule has 0 aliphatic rings. The summed E-state index contributed by atoms with van der Waals surface area (Å²) in [6.45, 7) is 0.00927. The molecule has 0 atom stereocenters. The van der Waals surface area contributed by atoms with E-state index in [1.165, 1.54) is 6.07 Å². The Bertz CT molecular complexity index is 756. The SMILES string of the molecule is N#Cc1ccc(Cl)cc1NC(=O)CNc1ccc(Cl)c(Cl)c1. The van der Waals surface area contributed by atoms with E-state index in [-0.39, 0.29) is 12.5 Å². The van der Waals surface area contributed by atoms with Crippen molar-refractivity contribution in [2.24, 2.45) is 0 Å². The summed E-state index contributed by atoms with van der Waals surface area (Å²) in [7, 11) is 0. The van der Waals surface area contributed by atoms with Crippen LogP contribution in [-0.2, 0) is 4.79 Å². The Hall–Kier alpha value is -1.93. The average molecular weight is 355 g/mol. The van der Waals surface area contributed by atoms with E-state index < -0.39 is 0 Å². The first-order chi connectivity index (χ1) is 10.5. The molecular formula is C15H10Cl3N3O. The molecule has 2 rings (SSSR count). The molecule has 0 bridgehead atoms. The monoisotopic (exact) mass is 353 g/mol. The molecule has 0 spiro atoms. The van der Waals surface area contributed by atoms with Crippen molar-refractivity contribution in [3.8, 4) is 6.07 Å². The maximum absolute atomic E-state index is 11.9. The summed E-state index contributed by atoms with van der Waals surface area (Å²) in [6.07, 6.45) is 0. The van der Waals surface area contributed by atoms with E-state index in [1.807, 2.05) is 6.07 Å². The number of benzene rings is 2. The topological polar surface area (TPSA) is 64.9 Å². The molecule has 2 N–H and O–H groups in total. The molecule has 2 aromatic carbocycles. The lowest BCUT2D eigenvalue weighted by molar-refractivity contribution is -0.114. The molecule has 0 radical (unpaired) electrons. The van der Waals surface area contributed by atoms with Gasteiger partial charge in [-0.05, 0) is 36.4 Å². The fourth-order valence-corrected chi connectivity index (χ4v) is 2.17. The maximum Gasteiger partial charge on any atom is 0.243 e. The van der Waals surface area contributed by atoms with Gasteiger partial charge in [-0.2, -0.15) is 5.26 Å². The predicted molar refractivity (Wildman–Crippen MR) is 89.7 cm³/mol. The Labute approximate surface area is 142 Å². The third-order valence-electron chi connectivity index (χ3n) is 2.75. The van der Waals surface area contributed by atoms with Gasteiger partial charge in [-0.1, -0.05) is 34.8 Å². The molecule has 0 saturated heterocycles. The van der Waals surface area contributed by atoms with E-state index in [2.05, 4.69) is 10.6 Å². The van der Waals surface area contributed by atoms with Crippen molar-refractivity contribution in [2.45, 2.75) is 0 Å².